The Balaban J connectivity index is 2.30. The second kappa shape index (κ2) is 6.67. The van der Waals surface area contributed by atoms with Gasteiger partial charge in [0.05, 0.1) is 7.11 Å². The largest absolute Gasteiger partial charge is 0.467 e. The molecule has 154 valence electrons. The highest BCUT2D eigenvalue weighted by molar-refractivity contribution is 5.92. The number of nitrogens with zero attached hydrogens (tertiary/aromatic N) is 1. The standard InChI is InChI=1S/C20H35N3O4/c1-18(2,3)14(21-17(26)22-19(4,5)6)15(24)23-10-11-12(20(11,7)8)13(23)16(25)27-9/h11-14H,10H2,1-9H3,(H2,21,22,26)/t11-,12-,13-,14+/m0/s1/i7D3/t11-,12-,13-,14+,20?. The Morgan fingerprint density at radius 3 is 2.26 bits per heavy atom. The predicted molar refractivity (Wildman–Crippen MR) is 103 cm³/mol. The fraction of sp³-hybridized carbons (Fsp3) is 0.850. The zero-order valence-electron chi connectivity index (χ0n) is 20.6. The van der Waals surface area contributed by atoms with Crippen molar-refractivity contribution in [3.05, 3.63) is 0 Å². The van der Waals surface area contributed by atoms with Crippen LogP contribution in [0.1, 0.15) is 59.4 Å². The van der Waals surface area contributed by atoms with Crippen molar-refractivity contribution in [3.8, 4) is 0 Å². The van der Waals surface area contributed by atoms with E-state index in [0.29, 0.717) is 0 Å². The molecule has 1 unspecified atom stereocenters. The number of hydrogen-bond donors (Lipinski definition) is 2. The van der Waals surface area contributed by atoms with E-state index < -0.39 is 59.1 Å². The summed E-state index contributed by atoms with van der Waals surface area (Å²) in [6, 6.07) is -2.36. The van der Waals surface area contributed by atoms with Crippen LogP contribution in [0.3, 0.4) is 0 Å². The van der Waals surface area contributed by atoms with Gasteiger partial charge in [-0.1, -0.05) is 34.5 Å². The number of urea groups is 1. The van der Waals surface area contributed by atoms with Crippen LogP contribution in [-0.4, -0.2) is 54.1 Å². The minimum atomic E-state index is -2.24. The summed E-state index contributed by atoms with van der Waals surface area (Å²) in [4.78, 5) is 39.9. The lowest BCUT2D eigenvalue weighted by Gasteiger charge is -2.37. The van der Waals surface area contributed by atoms with Crippen LogP contribution >= 0.6 is 0 Å². The highest BCUT2D eigenvalue weighted by Gasteiger charge is 2.70. The average Bonchev–Trinajstić information content (AvgIpc) is 2.96. The molecular formula is C20H35N3O4. The molecule has 2 fully saturated rings. The molecule has 0 aromatic rings. The van der Waals surface area contributed by atoms with Crippen molar-refractivity contribution >= 4 is 17.9 Å². The van der Waals surface area contributed by atoms with Gasteiger partial charge in [0, 0.05) is 22.1 Å². The van der Waals surface area contributed by atoms with Crippen LogP contribution < -0.4 is 10.6 Å². The molecule has 1 aliphatic heterocycles. The van der Waals surface area contributed by atoms with Crippen molar-refractivity contribution < 1.29 is 23.2 Å². The van der Waals surface area contributed by atoms with E-state index in [9.17, 15) is 14.4 Å². The van der Waals surface area contributed by atoms with Crippen LogP contribution in [0.15, 0.2) is 0 Å². The first kappa shape index (κ1) is 17.3. The highest BCUT2D eigenvalue weighted by atomic mass is 16.5. The molecule has 7 heteroatoms. The molecule has 5 atom stereocenters. The van der Waals surface area contributed by atoms with Gasteiger partial charge in [0.15, 0.2) is 0 Å². The molecule has 2 aliphatic rings. The van der Waals surface area contributed by atoms with Gasteiger partial charge in [-0.2, -0.15) is 0 Å². The normalized spacial score (nSPS) is 33.1. The van der Waals surface area contributed by atoms with E-state index in [1.165, 1.54) is 12.0 Å². The van der Waals surface area contributed by atoms with Crippen molar-refractivity contribution in [1.29, 1.82) is 0 Å². The number of methoxy groups -OCH3 is 1. The Labute approximate surface area is 166 Å². The van der Waals surface area contributed by atoms with Crippen LogP contribution in [-0.2, 0) is 14.3 Å². The molecule has 1 saturated heterocycles. The van der Waals surface area contributed by atoms with Gasteiger partial charge in [0.25, 0.3) is 0 Å². The molecule has 0 aromatic carbocycles. The maximum atomic E-state index is 13.5. The predicted octanol–water partition coefficient (Wildman–Crippen LogP) is 2.15. The smallest absolute Gasteiger partial charge is 0.328 e. The zero-order chi connectivity index (χ0) is 23.4. The maximum Gasteiger partial charge on any atom is 0.328 e. The summed E-state index contributed by atoms with van der Waals surface area (Å²) in [5.41, 5.74) is -2.15. The molecule has 27 heavy (non-hydrogen) atoms. The van der Waals surface area contributed by atoms with E-state index in [1.807, 2.05) is 41.5 Å². The highest BCUT2D eigenvalue weighted by Crippen LogP contribution is 2.65. The van der Waals surface area contributed by atoms with Crippen LogP contribution in [0.4, 0.5) is 4.79 Å². The maximum absolute atomic E-state index is 13.5. The molecule has 7 nitrogen and oxygen atoms in total. The molecule has 2 N–H and O–H groups in total. The summed E-state index contributed by atoms with van der Waals surface area (Å²) >= 11 is 0. The molecule has 2 rings (SSSR count). The number of rotatable bonds is 3. The Bertz CT molecular complexity index is 726. The Morgan fingerprint density at radius 2 is 1.81 bits per heavy atom. The number of esters is 1. The first-order valence-electron chi connectivity index (χ1n) is 10.8. The minimum Gasteiger partial charge on any atom is -0.467 e. The topological polar surface area (TPSA) is 87.7 Å². The number of amides is 3. The summed E-state index contributed by atoms with van der Waals surface area (Å²) in [6.45, 7) is 10.5. The summed E-state index contributed by atoms with van der Waals surface area (Å²) in [7, 11) is 1.23. The molecule has 0 spiro atoms. The van der Waals surface area contributed by atoms with Gasteiger partial charge in [0.1, 0.15) is 12.1 Å². The van der Waals surface area contributed by atoms with E-state index in [1.54, 1.807) is 6.92 Å². The van der Waals surface area contributed by atoms with Gasteiger partial charge in [-0.05, 0) is 37.5 Å². The quantitative estimate of drug-likeness (QED) is 0.730. The number of likely N-dealkylation sites (tertiary alicyclic amines) is 1. The lowest BCUT2D eigenvalue weighted by atomic mass is 9.85. The van der Waals surface area contributed by atoms with Crippen LogP contribution in [0.2, 0.25) is 0 Å². The monoisotopic (exact) mass is 384 g/mol. The second-order valence-electron chi connectivity index (χ2n) is 10.0. The minimum absolute atomic E-state index is 0.146. The van der Waals surface area contributed by atoms with Crippen molar-refractivity contribution in [3.63, 3.8) is 0 Å². The van der Waals surface area contributed by atoms with E-state index >= 15 is 0 Å². The number of ether oxygens (including phenoxy) is 1. The molecule has 0 aromatic heterocycles. The van der Waals surface area contributed by atoms with Crippen molar-refractivity contribution in [1.82, 2.24) is 15.5 Å². The fourth-order valence-corrected chi connectivity index (χ4v) is 3.95. The molecular weight excluding hydrogens is 346 g/mol. The molecule has 1 heterocycles. The number of carbonyl (C=O) groups excluding carboxylic acids is 3. The van der Waals surface area contributed by atoms with Gasteiger partial charge < -0.3 is 20.3 Å². The van der Waals surface area contributed by atoms with Gasteiger partial charge >= 0.3 is 12.0 Å². The van der Waals surface area contributed by atoms with E-state index in [2.05, 4.69) is 10.6 Å². The number of nitrogens with one attached hydrogen (secondary N) is 2. The molecule has 0 radical (unpaired) electrons. The van der Waals surface area contributed by atoms with Gasteiger partial charge in [-0.15, -0.1) is 0 Å². The SMILES string of the molecule is [2H]C([2H])([2H])C1(C)[C@@H]2[C@@H](C(=O)OC)N(C(=O)[C@@H](NC(=O)NC(C)(C)C)C(C)(C)C)C[C@@H]21. The summed E-state index contributed by atoms with van der Waals surface area (Å²) < 4.78 is 28.5. The molecule has 1 aliphatic carbocycles. The molecule has 3 amide bonds. The summed E-state index contributed by atoms with van der Waals surface area (Å²) in [5, 5.41) is 5.52. The van der Waals surface area contributed by atoms with E-state index in [0.717, 1.165) is 0 Å². The van der Waals surface area contributed by atoms with Crippen LogP contribution in [0.5, 0.6) is 0 Å². The fourth-order valence-electron chi connectivity index (χ4n) is 3.95. The lowest BCUT2D eigenvalue weighted by molar-refractivity contribution is -0.154. The average molecular weight is 385 g/mol. The van der Waals surface area contributed by atoms with Crippen molar-refractivity contribution in [2.75, 3.05) is 13.7 Å². The van der Waals surface area contributed by atoms with Crippen molar-refractivity contribution in [2.45, 2.75) is 72.9 Å². The third-order valence-corrected chi connectivity index (χ3v) is 5.46. The van der Waals surface area contributed by atoms with Crippen LogP contribution in [0.25, 0.3) is 0 Å². The summed E-state index contributed by atoms with van der Waals surface area (Å²) in [6.07, 6.45) is 0. The number of carbonyl (C=O) groups is 3. The summed E-state index contributed by atoms with van der Waals surface area (Å²) in [5.74, 6) is -1.86. The van der Waals surface area contributed by atoms with Gasteiger partial charge in [0.2, 0.25) is 5.91 Å². The second-order valence-corrected chi connectivity index (χ2v) is 10.0. The third kappa shape index (κ3) is 4.22. The number of piperidine rings is 1. The van der Waals surface area contributed by atoms with Gasteiger partial charge in [-0.25, -0.2) is 9.59 Å². The first-order valence-corrected chi connectivity index (χ1v) is 9.33. The zero-order valence-corrected chi connectivity index (χ0v) is 17.6. The lowest BCUT2D eigenvalue weighted by Crippen LogP contribution is -2.60. The van der Waals surface area contributed by atoms with Crippen molar-refractivity contribution in [2.24, 2.45) is 22.7 Å². The molecule has 1 saturated carbocycles. The van der Waals surface area contributed by atoms with E-state index in [4.69, 9.17) is 8.85 Å². The Hall–Kier alpha value is -1.79. The first-order chi connectivity index (χ1) is 13.4. The molecule has 0 bridgehead atoms. The Morgan fingerprint density at radius 1 is 1.22 bits per heavy atom. The third-order valence-electron chi connectivity index (χ3n) is 5.46. The number of fused-ring (bicyclic) bond motifs is 1. The number of hydrogen-bond acceptors (Lipinski definition) is 4. The van der Waals surface area contributed by atoms with E-state index in [-0.39, 0.29) is 12.5 Å². The Kier molecular flexibility index (Phi) is 4.28. The van der Waals surface area contributed by atoms with Crippen LogP contribution in [0, 0.1) is 22.7 Å². The van der Waals surface area contributed by atoms with Gasteiger partial charge in [-0.3, -0.25) is 4.79 Å².